The van der Waals surface area contributed by atoms with Crippen LogP contribution in [-0.4, -0.2) is 29.8 Å². The predicted octanol–water partition coefficient (Wildman–Crippen LogP) is 2.36. The van der Waals surface area contributed by atoms with Crippen molar-refractivity contribution in [2.75, 3.05) is 7.05 Å². The molecular weight excluding hydrogens is 280 g/mol. The van der Waals surface area contributed by atoms with Crippen molar-refractivity contribution in [3.8, 4) is 0 Å². The molecule has 0 spiro atoms. The van der Waals surface area contributed by atoms with Crippen LogP contribution in [0.4, 0.5) is 0 Å². The lowest BCUT2D eigenvalue weighted by Gasteiger charge is -2.22. The zero-order chi connectivity index (χ0) is 16.1. The van der Waals surface area contributed by atoms with Gasteiger partial charge in [0.15, 0.2) is 5.76 Å². The van der Waals surface area contributed by atoms with Crippen LogP contribution in [0.5, 0.6) is 0 Å². The Morgan fingerprint density at radius 1 is 1.23 bits per heavy atom. The Kier molecular flexibility index (Phi) is 4.99. The Morgan fingerprint density at radius 2 is 1.95 bits per heavy atom. The average Bonchev–Trinajstić information content (AvgIpc) is 3.03. The predicted molar refractivity (Wildman–Crippen MR) is 83.3 cm³/mol. The molecule has 0 fully saturated rings. The van der Waals surface area contributed by atoms with Crippen LogP contribution < -0.4 is 5.32 Å². The van der Waals surface area contributed by atoms with Gasteiger partial charge in [-0.25, -0.2) is 0 Å². The highest BCUT2D eigenvalue weighted by Gasteiger charge is 2.21. The van der Waals surface area contributed by atoms with Crippen molar-refractivity contribution in [3.63, 3.8) is 0 Å². The van der Waals surface area contributed by atoms with Crippen molar-refractivity contribution < 1.29 is 14.0 Å². The third-order valence-electron chi connectivity index (χ3n) is 3.51. The maximum Gasteiger partial charge on any atom is 0.287 e. The molecule has 22 heavy (non-hydrogen) atoms. The van der Waals surface area contributed by atoms with Gasteiger partial charge in [-0.3, -0.25) is 9.59 Å². The number of furan rings is 1. The summed E-state index contributed by atoms with van der Waals surface area (Å²) in [5, 5.41) is 2.64. The number of nitrogens with one attached hydrogen (secondary N) is 1. The first-order chi connectivity index (χ1) is 10.5. The van der Waals surface area contributed by atoms with Gasteiger partial charge in [0.05, 0.1) is 6.26 Å². The Hall–Kier alpha value is -2.56. The number of benzene rings is 1. The molecule has 0 aliphatic rings. The van der Waals surface area contributed by atoms with E-state index in [1.807, 2.05) is 31.2 Å². The van der Waals surface area contributed by atoms with Gasteiger partial charge in [-0.2, -0.15) is 0 Å². The SMILES string of the molecule is Cc1ccccc1CN(C)C(=O)[C@@H](C)NC(=O)c1ccco1. The monoisotopic (exact) mass is 300 g/mol. The molecule has 5 heteroatoms. The van der Waals surface area contributed by atoms with E-state index in [0.717, 1.165) is 11.1 Å². The molecule has 1 heterocycles. The minimum absolute atomic E-state index is 0.150. The molecule has 0 aliphatic heterocycles. The summed E-state index contributed by atoms with van der Waals surface area (Å²) < 4.78 is 5.01. The summed E-state index contributed by atoms with van der Waals surface area (Å²) in [7, 11) is 1.73. The van der Waals surface area contributed by atoms with Gasteiger partial charge in [0.25, 0.3) is 5.91 Å². The van der Waals surface area contributed by atoms with E-state index in [0.29, 0.717) is 6.54 Å². The molecule has 116 valence electrons. The number of nitrogens with zero attached hydrogens (tertiary/aromatic N) is 1. The van der Waals surface area contributed by atoms with Crippen molar-refractivity contribution in [2.45, 2.75) is 26.4 Å². The van der Waals surface area contributed by atoms with E-state index < -0.39 is 11.9 Å². The molecule has 0 unspecified atom stereocenters. The largest absolute Gasteiger partial charge is 0.459 e. The van der Waals surface area contributed by atoms with Crippen LogP contribution in [0.15, 0.2) is 47.1 Å². The van der Waals surface area contributed by atoms with Crippen LogP contribution in [0.2, 0.25) is 0 Å². The van der Waals surface area contributed by atoms with Gasteiger partial charge < -0.3 is 14.6 Å². The molecule has 0 bridgehead atoms. The quantitative estimate of drug-likeness (QED) is 0.922. The first kappa shape index (κ1) is 15.8. The van der Waals surface area contributed by atoms with E-state index in [9.17, 15) is 9.59 Å². The van der Waals surface area contributed by atoms with Gasteiger partial charge in [-0.15, -0.1) is 0 Å². The van der Waals surface area contributed by atoms with E-state index in [1.165, 1.54) is 6.26 Å². The summed E-state index contributed by atoms with van der Waals surface area (Å²) in [6.45, 7) is 4.18. The van der Waals surface area contributed by atoms with Gasteiger partial charge >= 0.3 is 0 Å². The lowest BCUT2D eigenvalue weighted by Crippen LogP contribution is -2.45. The number of carbonyl (C=O) groups is 2. The molecule has 0 saturated carbocycles. The van der Waals surface area contributed by atoms with Crippen molar-refractivity contribution in [1.29, 1.82) is 0 Å². The van der Waals surface area contributed by atoms with Crippen LogP contribution >= 0.6 is 0 Å². The lowest BCUT2D eigenvalue weighted by atomic mass is 10.1. The first-order valence-electron chi connectivity index (χ1n) is 7.13. The summed E-state index contributed by atoms with van der Waals surface area (Å²) in [4.78, 5) is 25.8. The van der Waals surface area contributed by atoms with Crippen LogP contribution in [-0.2, 0) is 11.3 Å². The number of hydrogen-bond acceptors (Lipinski definition) is 3. The molecule has 2 rings (SSSR count). The van der Waals surface area contributed by atoms with E-state index >= 15 is 0 Å². The maximum absolute atomic E-state index is 12.3. The average molecular weight is 300 g/mol. The zero-order valence-electron chi connectivity index (χ0n) is 13.0. The zero-order valence-corrected chi connectivity index (χ0v) is 13.0. The summed E-state index contributed by atoms with van der Waals surface area (Å²) in [6, 6.07) is 10.5. The fourth-order valence-electron chi connectivity index (χ4n) is 2.19. The second kappa shape index (κ2) is 6.93. The number of likely N-dealkylation sites (N-methyl/N-ethyl adjacent to an activating group) is 1. The summed E-state index contributed by atoms with van der Waals surface area (Å²) in [5.74, 6) is -0.348. The molecule has 1 N–H and O–H groups in total. The minimum Gasteiger partial charge on any atom is -0.459 e. The highest BCUT2D eigenvalue weighted by atomic mass is 16.3. The molecule has 0 radical (unpaired) electrons. The third-order valence-corrected chi connectivity index (χ3v) is 3.51. The molecule has 0 aliphatic carbocycles. The van der Waals surface area contributed by atoms with Crippen LogP contribution in [0.1, 0.15) is 28.6 Å². The Morgan fingerprint density at radius 3 is 2.59 bits per heavy atom. The molecule has 2 aromatic rings. The van der Waals surface area contributed by atoms with Gasteiger partial charge in [0, 0.05) is 13.6 Å². The number of aryl methyl sites for hydroxylation is 1. The second-order valence-corrected chi connectivity index (χ2v) is 5.29. The molecule has 1 aromatic heterocycles. The maximum atomic E-state index is 12.3. The summed E-state index contributed by atoms with van der Waals surface area (Å²) in [6.07, 6.45) is 1.42. The minimum atomic E-state index is -0.619. The lowest BCUT2D eigenvalue weighted by molar-refractivity contribution is -0.132. The smallest absolute Gasteiger partial charge is 0.287 e. The standard InChI is InChI=1S/C17H20N2O3/c1-12-7-4-5-8-14(12)11-19(3)17(21)13(2)18-16(20)15-9-6-10-22-15/h4-10,13H,11H2,1-3H3,(H,18,20)/t13-/m1/s1. The third kappa shape index (κ3) is 3.75. The van der Waals surface area contributed by atoms with Crippen LogP contribution in [0, 0.1) is 6.92 Å². The molecule has 0 saturated heterocycles. The van der Waals surface area contributed by atoms with Crippen molar-refractivity contribution in [2.24, 2.45) is 0 Å². The van der Waals surface area contributed by atoms with Crippen LogP contribution in [0.3, 0.4) is 0 Å². The molecular formula is C17H20N2O3. The molecule has 1 aromatic carbocycles. The number of carbonyl (C=O) groups excluding carboxylic acids is 2. The van der Waals surface area contributed by atoms with Gasteiger partial charge in [0.2, 0.25) is 5.91 Å². The highest BCUT2D eigenvalue weighted by molar-refractivity contribution is 5.95. The van der Waals surface area contributed by atoms with E-state index in [1.54, 1.807) is 31.0 Å². The van der Waals surface area contributed by atoms with Crippen LogP contribution in [0.25, 0.3) is 0 Å². The Labute approximate surface area is 129 Å². The summed E-state index contributed by atoms with van der Waals surface area (Å²) in [5.41, 5.74) is 2.22. The first-order valence-corrected chi connectivity index (χ1v) is 7.13. The van der Waals surface area contributed by atoms with E-state index in [4.69, 9.17) is 4.42 Å². The Balaban J connectivity index is 1.95. The fraction of sp³-hybridized carbons (Fsp3) is 0.294. The summed E-state index contributed by atoms with van der Waals surface area (Å²) >= 11 is 0. The Bertz CT molecular complexity index is 650. The second-order valence-electron chi connectivity index (χ2n) is 5.29. The fourth-order valence-corrected chi connectivity index (χ4v) is 2.19. The van der Waals surface area contributed by atoms with Crippen molar-refractivity contribution in [1.82, 2.24) is 10.2 Å². The topological polar surface area (TPSA) is 62.6 Å². The number of rotatable bonds is 5. The van der Waals surface area contributed by atoms with E-state index in [2.05, 4.69) is 5.32 Å². The number of hydrogen-bond donors (Lipinski definition) is 1. The molecule has 1 atom stereocenters. The molecule has 2 amide bonds. The van der Waals surface area contributed by atoms with Gasteiger partial charge in [-0.1, -0.05) is 24.3 Å². The van der Waals surface area contributed by atoms with Crippen molar-refractivity contribution >= 4 is 11.8 Å². The number of amides is 2. The van der Waals surface area contributed by atoms with Gasteiger partial charge in [0.1, 0.15) is 6.04 Å². The van der Waals surface area contributed by atoms with E-state index in [-0.39, 0.29) is 11.7 Å². The highest BCUT2D eigenvalue weighted by Crippen LogP contribution is 2.10. The van der Waals surface area contributed by atoms with Gasteiger partial charge in [-0.05, 0) is 37.1 Å². The van der Waals surface area contributed by atoms with Crippen molar-refractivity contribution in [3.05, 3.63) is 59.5 Å². The molecule has 5 nitrogen and oxygen atoms in total. The normalized spacial score (nSPS) is 11.8.